The molecular weight excluding hydrogens is 377 g/mol. The van der Waals surface area contributed by atoms with Gasteiger partial charge in [-0.1, -0.05) is 0 Å². The van der Waals surface area contributed by atoms with Gasteiger partial charge in [0.1, 0.15) is 17.5 Å². The number of nitrogens with zero attached hydrogens (tertiary/aromatic N) is 4. The van der Waals surface area contributed by atoms with Crippen LogP contribution in [0.25, 0.3) is 0 Å². The summed E-state index contributed by atoms with van der Waals surface area (Å²) in [6.45, 7) is 0.443. The highest BCUT2D eigenvalue weighted by Gasteiger charge is 2.37. The molecule has 28 heavy (non-hydrogen) atoms. The number of aromatic nitrogens is 2. The lowest BCUT2D eigenvalue weighted by Gasteiger charge is -2.25. The van der Waals surface area contributed by atoms with Crippen LogP contribution in [0.2, 0.25) is 0 Å². The van der Waals surface area contributed by atoms with Crippen LogP contribution < -0.4 is 19.3 Å². The van der Waals surface area contributed by atoms with Gasteiger partial charge in [0.2, 0.25) is 5.91 Å². The van der Waals surface area contributed by atoms with Crippen LogP contribution in [0.3, 0.4) is 0 Å². The van der Waals surface area contributed by atoms with Crippen molar-refractivity contribution < 1.29 is 27.4 Å². The van der Waals surface area contributed by atoms with Gasteiger partial charge < -0.3 is 19.3 Å². The molecule has 1 aromatic carbocycles. The van der Waals surface area contributed by atoms with Gasteiger partial charge in [-0.25, -0.2) is 0 Å². The average Bonchev–Trinajstić information content (AvgIpc) is 3.07. The summed E-state index contributed by atoms with van der Waals surface area (Å²) < 4.78 is 48.4. The Balaban J connectivity index is 1.80. The largest absolute Gasteiger partial charge is 0.497 e. The normalized spacial score (nSPS) is 17.0. The molecule has 150 valence electrons. The zero-order chi connectivity index (χ0) is 20.5. The summed E-state index contributed by atoms with van der Waals surface area (Å²) in [5.41, 5.74) is -0.455. The first kappa shape index (κ1) is 19.7. The second-order valence-electron chi connectivity index (χ2n) is 6.25. The minimum atomic E-state index is -4.56. The van der Waals surface area contributed by atoms with Gasteiger partial charge >= 0.3 is 6.18 Å². The maximum atomic E-state index is 12.9. The number of rotatable bonds is 5. The van der Waals surface area contributed by atoms with Crippen molar-refractivity contribution in [2.45, 2.75) is 18.6 Å². The zero-order valence-electron chi connectivity index (χ0n) is 15.5. The first-order valence-corrected chi connectivity index (χ1v) is 8.43. The van der Waals surface area contributed by atoms with Gasteiger partial charge in [0.15, 0.2) is 11.5 Å². The number of ether oxygens (including phenoxy) is 2. The van der Waals surface area contributed by atoms with Crippen LogP contribution in [0.1, 0.15) is 12.1 Å². The van der Waals surface area contributed by atoms with E-state index in [4.69, 9.17) is 9.47 Å². The van der Waals surface area contributed by atoms with Gasteiger partial charge in [0.25, 0.3) is 0 Å². The van der Waals surface area contributed by atoms with E-state index in [0.29, 0.717) is 30.2 Å². The van der Waals surface area contributed by atoms with Crippen LogP contribution in [-0.2, 0) is 11.0 Å². The molecule has 0 radical (unpaired) electrons. The van der Waals surface area contributed by atoms with Gasteiger partial charge in [-0.2, -0.15) is 13.2 Å². The van der Waals surface area contributed by atoms with Crippen LogP contribution in [0.4, 0.5) is 24.7 Å². The van der Waals surface area contributed by atoms with Crippen LogP contribution in [0.15, 0.2) is 30.3 Å². The summed E-state index contributed by atoms with van der Waals surface area (Å²) in [7, 11) is 4.64. The number of amides is 1. The van der Waals surface area contributed by atoms with E-state index in [0.717, 1.165) is 6.07 Å². The van der Waals surface area contributed by atoms with Gasteiger partial charge in [0.05, 0.1) is 19.9 Å². The van der Waals surface area contributed by atoms with Crippen molar-refractivity contribution in [3.8, 4) is 11.5 Å². The number of methoxy groups -OCH3 is 2. The Morgan fingerprint density at radius 1 is 1.11 bits per heavy atom. The molecule has 1 saturated heterocycles. The molecule has 0 N–H and O–H groups in total. The fraction of sp³-hybridized carbons (Fsp3) is 0.389. The topological polar surface area (TPSA) is 67.8 Å². The van der Waals surface area contributed by atoms with Gasteiger partial charge in [-0.05, 0) is 18.6 Å². The van der Waals surface area contributed by atoms with Crippen LogP contribution >= 0.6 is 0 Å². The third kappa shape index (κ3) is 3.80. The standard InChI is InChI=1S/C18H19F3N4O3/c1-24(16-5-4-15(22-23-16)18(19,20)21)14-6-7-25(17(14)26)11-8-12(27-2)10-13(9-11)28-3/h4-5,8-10,14H,6-7H2,1-3H3. The molecule has 0 bridgehead atoms. The maximum Gasteiger partial charge on any atom is 0.435 e. The quantitative estimate of drug-likeness (QED) is 0.774. The van der Waals surface area contributed by atoms with Crippen LogP contribution in [0.5, 0.6) is 11.5 Å². The van der Waals surface area contributed by atoms with Crippen molar-refractivity contribution in [2.75, 3.05) is 37.6 Å². The van der Waals surface area contributed by atoms with Crippen molar-refractivity contribution in [3.05, 3.63) is 36.0 Å². The van der Waals surface area contributed by atoms with E-state index in [1.807, 2.05) is 0 Å². The molecule has 2 heterocycles. The highest BCUT2D eigenvalue weighted by molar-refractivity contribution is 6.01. The summed E-state index contributed by atoms with van der Waals surface area (Å²) in [6, 6.07) is 6.64. The van der Waals surface area contributed by atoms with Crippen molar-refractivity contribution in [3.63, 3.8) is 0 Å². The fourth-order valence-electron chi connectivity index (χ4n) is 3.05. The summed E-state index contributed by atoms with van der Waals surface area (Å²) in [6.07, 6.45) is -4.08. The number of hydrogen-bond donors (Lipinski definition) is 0. The molecular formula is C18H19F3N4O3. The molecule has 1 unspecified atom stereocenters. The summed E-state index contributed by atoms with van der Waals surface area (Å²) >= 11 is 0. The Bertz CT molecular complexity index is 836. The zero-order valence-corrected chi connectivity index (χ0v) is 15.5. The van der Waals surface area contributed by atoms with Crippen LogP contribution in [-0.4, -0.2) is 50.0 Å². The highest BCUT2D eigenvalue weighted by Crippen LogP contribution is 2.33. The lowest BCUT2D eigenvalue weighted by Crippen LogP contribution is -2.40. The van der Waals surface area contributed by atoms with E-state index >= 15 is 0 Å². The van der Waals surface area contributed by atoms with Crippen molar-refractivity contribution in [1.82, 2.24) is 10.2 Å². The first-order valence-electron chi connectivity index (χ1n) is 8.43. The Kier molecular flexibility index (Phi) is 5.30. The van der Waals surface area contributed by atoms with E-state index in [9.17, 15) is 18.0 Å². The predicted molar refractivity (Wildman–Crippen MR) is 95.7 cm³/mol. The highest BCUT2D eigenvalue weighted by atomic mass is 19.4. The molecule has 1 aromatic heterocycles. The maximum absolute atomic E-state index is 12.9. The monoisotopic (exact) mass is 396 g/mol. The summed E-state index contributed by atoms with van der Waals surface area (Å²) in [4.78, 5) is 16.0. The first-order chi connectivity index (χ1) is 13.2. The molecule has 1 atom stereocenters. The molecule has 0 spiro atoms. The number of carbonyl (C=O) groups is 1. The Hall–Kier alpha value is -3.04. The third-order valence-corrected chi connectivity index (χ3v) is 4.59. The Morgan fingerprint density at radius 2 is 1.75 bits per heavy atom. The van der Waals surface area contributed by atoms with Gasteiger partial charge in [0, 0.05) is 31.8 Å². The number of halogens is 3. The number of likely N-dealkylation sites (N-methyl/N-ethyl adjacent to an activating group) is 1. The number of benzene rings is 1. The fourth-order valence-corrected chi connectivity index (χ4v) is 3.05. The number of hydrogen-bond acceptors (Lipinski definition) is 6. The predicted octanol–water partition coefficient (Wildman–Crippen LogP) is 2.75. The molecule has 2 aromatic rings. The van der Waals surface area contributed by atoms with Gasteiger partial charge in [-0.3, -0.25) is 4.79 Å². The average molecular weight is 396 g/mol. The number of carbonyl (C=O) groups excluding carboxylic acids is 1. The second kappa shape index (κ2) is 7.53. The summed E-state index contributed by atoms with van der Waals surface area (Å²) in [5, 5.41) is 6.84. The minimum absolute atomic E-state index is 0.191. The molecule has 0 aliphatic carbocycles. The van der Waals surface area contributed by atoms with Crippen molar-refractivity contribution in [2.24, 2.45) is 0 Å². The van der Waals surface area contributed by atoms with E-state index in [2.05, 4.69) is 10.2 Å². The van der Waals surface area contributed by atoms with Crippen molar-refractivity contribution >= 4 is 17.4 Å². The minimum Gasteiger partial charge on any atom is -0.497 e. The molecule has 10 heteroatoms. The van der Waals surface area contributed by atoms with Crippen molar-refractivity contribution in [1.29, 1.82) is 0 Å². The summed E-state index contributed by atoms with van der Waals surface area (Å²) in [5.74, 6) is 1.09. The SMILES string of the molecule is COc1cc(OC)cc(N2CCC(N(C)c3ccc(C(F)(F)F)nn3)C2=O)c1. The number of anilines is 2. The van der Waals surface area contributed by atoms with E-state index in [-0.39, 0.29) is 11.7 Å². The molecule has 1 aliphatic heterocycles. The Morgan fingerprint density at radius 3 is 2.25 bits per heavy atom. The van der Waals surface area contributed by atoms with E-state index in [1.54, 1.807) is 30.1 Å². The molecule has 1 amide bonds. The van der Waals surface area contributed by atoms with E-state index in [1.165, 1.54) is 25.2 Å². The molecule has 1 aliphatic rings. The molecule has 3 rings (SSSR count). The lowest BCUT2D eigenvalue weighted by atomic mass is 10.2. The lowest BCUT2D eigenvalue weighted by molar-refractivity contribution is -0.141. The number of alkyl halides is 3. The molecule has 0 saturated carbocycles. The van der Waals surface area contributed by atoms with E-state index < -0.39 is 17.9 Å². The molecule has 7 nitrogen and oxygen atoms in total. The Labute approximate surface area is 159 Å². The third-order valence-electron chi connectivity index (χ3n) is 4.59. The smallest absolute Gasteiger partial charge is 0.435 e. The second-order valence-corrected chi connectivity index (χ2v) is 6.25. The van der Waals surface area contributed by atoms with Crippen LogP contribution in [0, 0.1) is 0 Å². The molecule has 1 fully saturated rings. The van der Waals surface area contributed by atoms with Gasteiger partial charge in [-0.15, -0.1) is 10.2 Å².